The van der Waals surface area contributed by atoms with Gasteiger partial charge < -0.3 is 14.8 Å². The number of nitrogens with one attached hydrogen (secondary N) is 1. The van der Waals surface area contributed by atoms with Gasteiger partial charge in [0.05, 0.1) is 7.11 Å². The monoisotopic (exact) mass is 426 g/mol. The summed E-state index contributed by atoms with van der Waals surface area (Å²) in [6, 6.07) is 21.1. The molecule has 0 spiro atoms. The van der Waals surface area contributed by atoms with Gasteiger partial charge in [0.1, 0.15) is 29.7 Å². The van der Waals surface area contributed by atoms with E-state index >= 15 is 0 Å². The summed E-state index contributed by atoms with van der Waals surface area (Å²) < 4.78 is 11.4. The number of nitrogens with zero attached hydrogens (tertiary/aromatic N) is 1. The van der Waals surface area contributed by atoms with E-state index in [2.05, 4.69) is 5.32 Å². The van der Waals surface area contributed by atoms with Crippen molar-refractivity contribution in [1.82, 2.24) is 0 Å². The highest BCUT2D eigenvalue weighted by molar-refractivity contribution is 6.10. The fraction of sp³-hybridized carbons (Fsp3) is 0.185. The second-order valence-electron chi connectivity index (χ2n) is 7.62. The molecule has 5 heteroatoms. The van der Waals surface area contributed by atoms with Crippen molar-refractivity contribution in [3.8, 4) is 17.6 Å². The maximum atomic E-state index is 12.8. The SMILES string of the molecule is COc1ccc(/C=C(\C#N)C(=O)Nc2cc(C)ccc2C)c(OCc2cccc(C)c2)c1. The van der Waals surface area contributed by atoms with Gasteiger partial charge in [-0.25, -0.2) is 0 Å². The Kier molecular flexibility index (Phi) is 7.30. The third-order valence-corrected chi connectivity index (χ3v) is 5.00. The molecule has 1 N–H and O–H groups in total. The number of amides is 1. The Hall–Kier alpha value is -4.04. The molecule has 3 aromatic rings. The predicted molar refractivity (Wildman–Crippen MR) is 127 cm³/mol. The predicted octanol–water partition coefficient (Wildman–Crippen LogP) is 5.75. The summed E-state index contributed by atoms with van der Waals surface area (Å²) in [5.41, 5.74) is 5.40. The number of carbonyl (C=O) groups excluding carboxylic acids is 1. The molecule has 0 radical (unpaired) electrons. The quantitative estimate of drug-likeness (QED) is 0.386. The van der Waals surface area contributed by atoms with Gasteiger partial charge in [-0.1, -0.05) is 42.0 Å². The zero-order chi connectivity index (χ0) is 23.1. The molecule has 5 nitrogen and oxygen atoms in total. The Bertz CT molecular complexity index is 1210. The van der Waals surface area contributed by atoms with E-state index in [1.54, 1.807) is 25.3 Å². The fourth-order valence-electron chi connectivity index (χ4n) is 3.21. The van der Waals surface area contributed by atoms with Crippen LogP contribution in [0, 0.1) is 32.1 Å². The molecule has 162 valence electrons. The molecule has 0 saturated heterocycles. The molecule has 0 atom stereocenters. The minimum atomic E-state index is -0.471. The average molecular weight is 427 g/mol. The molecule has 0 fully saturated rings. The van der Waals surface area contributed by atoms with Gasteiger partial charge in [-0.3, -0.25) is 4.79 Å². The average Bonchev–Trinajstić information content (AvgIpc) is 2.78. The van der Waals surface area contributed by atoms with Crippen LogP contribution in [0.1, 0.15) is 27.8 Å². The molecule has 0 heterocycles. The Morgan fingerprint density at radius 3 is 2.53 bits per heavy atom. The number of benzene rings is 3. The summed E-state index contributed by atoms with van der Waals surface area (Å²) >= 11 is 0. The Morgan fingerprint density at radius 1 is 1.03 bits per heavy atom. The van der Waals surface area contributed by atoms with Gasteiger partial charge in [0, 0.05) is 17.3 Å². The normalized spacial score (nSPS) is 10.9. The first-order valence-electron chi connectivity index (χ1n) is 10.3. The van der Waals surface area contributed by atoms with E-state index in [9.17, 15) is 10.1 Å². The lowest BCUT2D eigenvalue weighted by molar-refractivity contribution is -0.112. The van der Waals surface area contributed by atoms with Crippen LogP contribution in [0.15, 0.2) is 66.2 Å². The van der Waals surface area contributed by atoms with Gasteiger partial charge in [-0.05, 0) is 61.7 Å². The number of rotatable bonds is 7. The van der Waals surface area contributed by atoms with Crippen molar-refractivity contribution in [2.45, 2.75) is 27.4 Å². The van der Waals surface area contributed by atoms with E-state index in [-0.39, 0.29) is 5.57 Å². The highest BCUT2D eigenvalue weighted by atomic mass is 16.5. The van der Waals surface area contributed by atoms with Crippen LogP contribution < -0.4 is 14.8 Å². The van der Waals surface area contributed by atoms with Gasteiger partial charge in [-0.2, -0.15) is 5.26 Å². The Balaban J connectivity index is 1.88. The van der Waals surface area contributed by atoms with Gasteiger partial charge in [-0.15, -0.1) is 0 Å². The van der Waals surface area contributed by atoms with E-state index < -0.39 is 5.91 Å². The molecule has 0 saturated carbocycles. The van der Waals surface area contributed by atoms with E-state index in [0.717, 1.165) is 22.3 Å². The number of carbonyl (C=O) groups is 1. The molecule has 3 rings (SSSR count). The minimum Gasteiger partial charge on any atom is -0.497 e. The largest absolute Gasteiger partial charge is 0.497 e. The van der Waals surface area contributed by atoms with Crippen LogP contribution in [0.2, 0.25) is 0 Å². The van der Waals surface area contributed by atoms with Gasteiger partial charge in [0.25, 0.3) is 5.91 Å². The topological polar surface area (TPSA) is 71.3 Å². The number of aryl methyl sites for hydroxylation is 3. The molecule has 0 unspecified atom stereocenters. The van der Waals surface area contributed by atoms with Crippen LogP contribution >= 0.6 is 0 Å². The molecule has 0 bridgehead atoms. The highest BCUT2D eigenvalue weighted by Gasteiger charge is 2.13. The smallest absolute Gasteiger partial charge is 0.266 e. The number of ether oxygens (including phenoxy) is 2. The summed E-state index contributed by atoms with van der Waals surface area (Å²) in [7, 11) is 1.58. The molecule has 0 aliphatic heterocycles. The van der Waals surface area contributed by atoms with Crippen molar-refractivity contribution in [2.75, 3.05) is 12.4 Å². The highest BCUT2D eigenvalue weighted by Crippen LogP contribution is 2.28. The second-order valence-corrected chi connectivity index (χ2v) is 7.62. The lowest BCUT2D eigenvalue weighted by Gasteiger charge is -2.12. The first-order chi connectivity index (χ1) is 15.4. The fourth-order valence-corrected chi connectivity index (χ4v) is 3.21. The lowest BCUT2D eigenvalue weighted by Crippen LogP contribution is -2.14. The molecule has 0 aliphatic rings. The van der Waals surface area contributed by atoms with Crippen molar-refractivity contribution >= 4 is 17.7 Å². The molecule has 0 aromatic heterocycles. The molecular weight excluding hydrogens is 400 g/mol. The third kappa shape index (κ3) is 5.77. The zero-order valence-corrected chi connectivity index (χ0v) is 18.7. The maximum absolute atomic E-state index is 12.8. The summed E-state index contributed by atoms with van der Waals surface area (Å²) in [6.07, 6.45) is 1.53. The van der Waals surface area contributed by atoms with Crippen molar-refractivity contribution in [3.05, 3.63) is 94.1 Å². The molecule has 32 heavy (non-hydrogen) atoms. The van der Waals surface area contributed by atoms with Gasteiger partial charge >= 0.3 is 0 Å². The number of nitriles is 1. The van der Waals surface area contributed by atoms with Crippen molar-refractivity contribution in [2.24, 2.45) is 0 Å². The minimum absolute atomic E-state index is 0.0171. The first kappa shape index (κ1) is 22.6. The summed E-state index contributed by atoms with van der Waals surface area (Å²) in [4.78, 5) is 12.8. The third-order valence-electron chi connectivity index (χ3n) is 5.00. The van der Waals surface area contributed by atoms with Crippen molar-refractivity contribution < 1.29 is 14.3 Å². The van der Waals surface area contributed by atoms with Crippen LogP contribution in [0.4, 0.5) is 5.69 Å². The summed E-state index contributed by atoms with van der Waals surface area (Å²) in [5, 5.41) is 12.5. The summed E-state index contributed by atoms with van der Waals surface area (Å²) in [6.45, 7) is 6.24. The van der Waals surface area contributed by atoms with Crippen LogP contribution in [-0.4, -0.2) is 13.0 Å². The van der Waals surface area contributed by atoms with Crippen molar-refractivity contribution in [3.63, 3.8) is 0 Å². The van der Waals surface area contributed by atoms with E-state index in [0.29, 0.717) is 29.4 Å². The Labute approximate surface area is 188 Å². The van der Waals surface area contributed by atoms with Crippen LogP contribution in [-0.2, 0) is 11.4 Å². The molecule has 0 aliphatic carbocycles. The molecular formula is C27H26N2O3. The van der Waals surface area contributed by atoms with Crippen LogP contribution in [0.25, 0.3) is 6.08 Å². The van der Waals surface area contributed by atoms with Crippen LogP contribution in [0.5, 0.6) is 11.5 Å². The lowest BCUT2D eigenvalue weighted by atomic mass is 10.1. The second kappa shape index (κ2) is 10.3. The van der Waals surface area contributed by atoms with E-state index in [4.69, 9.17) is 9.47 Å². The maximum Gasteiger partial charge on any atom is 0.266 e. The number of hydrogen-bond donors (Lipinski definition) is 1. The first-order valence-corrected chi connectivity index (χ1v) is 10.3. The number of anilines is 1. The van der Waals surface area contributed by atoms with Crippen LogP contribution in [0.3, 0.4) is 0 Å². The Morgan fingerprint density at radius 2 is 1.81 bits per heavy atom. The van der Waals surface area contributed by atoms with Crippen molar-refractivity contribution in [1.29, 1.82) is 5.26 Å². The molecule has 3 aromatic carbocycles. The standard InChI is InChI=1S/C27H26N2O3/c1-18-6-5-7-21(12-18)17-32-26-15-24(31-4)11-10-22(26)14-23(16-28)27(30)29-25-13-19(2)8-9-20(25)3/h5-15H,17H2,1-4H3,(H,29,30)/b23-14+. The number of methoxy groups -OCH3 is 1. The van der Waals surface area contributed by atoms with Gasteiger partial charge in [0.15, 0.2) is 0 Å². The molecule has 1 amide bonds. The van der Waals surface area contributed by atoms with E-state index in [1.807, 2.05) is 69.3 Å². The van der Waals surface area contributed by atoms with Gasteiger partial charge in [0.2, 0.25) is 0 Å². The summed E-state index contributed by atoms with van der Waals surface area (Å²) in [5.74, 6) is 0.680. The van der Waals surface area contributed by atoms with E-state index in [1.165, 1.54) is 6.08 Å². The number of hydrogen-bond acceptors (Lipinski definition) is 4. The zero-order valence-electron chi connectivity index (χ0n) is 18.7.